The van der Waals surface area contributed by atoms with E-state index in [1.54, 1.807) is 23.5 Å². The van der Waals surface area contributed by atoms with Crippen molar-refractivity contribution < 1.29 is 23.5 Å². The molecule has 0 radical (unpaired) electrons. The van der Waals surface area contributed by atoms with Gasteiger partial charge in [-0.3, -0.25) is 9.36 Å². The second-order valence-corrected chi connectivity index (χ2v) is 7.25. The van der Waals surface area contributed by atoms with Crippen LogP contribution < -0.4 is 4.74 Å². The number of fused-ring (bicyclic) bond motifs is 3. The van der Waals surface area contributed by atoms with Gasteiger partial charge < -0.3 is 14.4 Å². The molecule has 7 nitrogen and oxygen atoms in total. The summed E-state index contributed by atoms with van der Waals surface area (Å²) < 4.78 is 26.1. The van der Waals surface area contributed by atoms with Gasteiger partial charge in [0.2, 0.25) is 0 Å². The number of benzene rings is 2. The van der Waals surface area contributed by atoms with Crippen molar-refractivity contribution in [3.05, 3.63) is 76.6 Å². The molecule has 0 atom stereocenters. The fraction of sp³-hybridized carbons (Fsp3) is 0.261. The fourth-order valence-corrected chi connectivity index (χ4v) is 3.72. The van der Waals surface area contributed by atoms with E-state index in [2.05, 4.69) is 4.98 Å². The lowest BCUT2D eigenvalue weighted by molar-refractivity contribution is 0.0514. The van der Waals surface area contributed by atoms with Crippen molar-refractivity contribution in [3.8, 4) is 11.4 Å². The number of ether oxygens (including phenoxy) is 2. The normalized spacial score (nSPS) is 12.8. The van der Waals surface area contributed by atoms with Crippen LogP contribution in [0.2, 0.25) is 0 Å². The van der Waals surface area contributed by atoms with Crippen molar-refractivity contribution in [2.24, 2.45) is 0 Å². The first-order valence-corrected chi connectivity index (χ1v) is 9.89. The van der Waals surface area contributed by atoms with Crippen molar-refractivity contribution in [3.63, 3.8) is 0 Å². The van der Waals surface area contributed by atoms with Gasteiger partial charge in [-0.15, -0.1) is 0 Å². The fourth-order valence-electron chi connectivity index (χ4n) is 3.72. The molecule has 8 heteroatoms. The quantitative estimate of drug-likeness (QED) is 0.586. The van der Waals surface area contributed by atoms with Crippen LogP contribution in [0.3, 0.4) is 0 Å². The first-order chi connectivity index (χ1) is 14.9. The Hall–Kier alpha value is -3.68. The van der Waals surface area contributed by atoms with Crippen LogP contribution >= 0.6 is 0 Å². The Balaban J connectivity index is 1.81. The van der Waals surface area contributed by atoms with Gasteiger partial charge in [-0.25, -0.2) is 14.2 Å². The molecule has 0 saturated heterocycles. The van der Waals surface area contributed by atoms with E-state index in [1.165, 1.54) is 24.5 Å². The maximum absolute atomic E-state index is 14.0. The zero-order valence-electron chi connectivity index (χ0n) is 17.5. The van der Waals surface area contributed by atoms with Crippen LogP contribution in [-0.4, -0.2) is 40.0 Å². The Kier molecular flexibility index (Phi) is 5.46. The van der Waals surface area contributed by atoms with E-state index in [0.717, 1.165) is 16.9 Å². The Morgan fingerprint density at radius 1 is 1.23 bits per heavy atom. The molecule has 2 heterocycles. The van der Waals surface area contributed by atoms with Crippen LogP contribution in [0, 0.1) is 12.7 Å². The summed E-state index contributed by atoms with van der Waals surface area (Å²) in [6, 6.07) is 9.62. The van der Waals surface area contributed by atoms with E-state index in [4.69, 9.17) is 9.47 Å². The number of methoxy groups -OCH3 is 1. The lowest BCUT2D eigenvalue weighted by atomic mass is 10.1. The van der Waals surface area contributed by atoms with E-state index in [9.17, 15) is 14.0 Å². The van der Waals surface area contributed by atoms with E-state index in [-0.39, 0.29) is 36.9 Å². The highest BCUT2D eigenvalue weighted by Gasteiger charge is 2.31. The van der Waals surface area contributed by atoms with Gasteiger partial charge in [0.25, 0.3) is 5.91 Å². The van der Waals surface area contributed by atoms with Crippen LogP contribution in [-0.2, 0) is 17.8 Å². The molecular weight excluding hydrogens is 401 g/mol. The number of nitrogens with zero attached hydrogens (tertiary/aromatic N) is 3. The summed E-state index contributed by atoms with van der Waals surface area (Å²) in [6.07, 6.45) is 1.47. The third-order valence-electron chi connectivity index (χ3n) is 5.32. The van der Waals surface area contributed by atoms with E-state index < -0.39 is 11.8 Å². The van der Waals surface area contributed by atoms with Gasteiger partial charge in [0, 0.05) is 6.54 Å². The minimum Gasteiger partial charge on any atom is -0.497 e. The third kappa shape index (κ3) is 3.76. The number of hydrogen-bond acceptors (Lipinski definition) is 5. The Bertz CT molecular complexity index is 1170. The zero-order chi connectivity index (χ0) is 22.1. The Labute approximate surface area is 179 Å². The smallest absolute Gasteiger partial charge is 0.358 e. The van der Waals surface area contributed by atoms with Crippen molar-refractivity contribution >= 4 is 11.9 Å². The van der Waals surface area contributed by atoms with Gasteiger partial charge in [0.05, 0.1) is 37.2 Å². The predicted octanol–water partition coefficient (Wildman–Crippen LogP) is 3.66. The monoisotopic (exact) mass is 423 g/mol. The van der Waals surface area contributed by atoms with Crippen LogP contribution in [0.15, 0.2) is 42.7 Å². The average molecular weight is 423 g/mol. The zero-order valence-corrected chi connectivity index (χ0v) is 17.5. The summed E-state index contributed by atoms with van der Waals surface area (Å²) in [4.78, 5) is 31.6. The van der Waals surface area contributed by atoms with Crippen molar-refractivity contribution in [1.82, 2.24) is 14.5 Å². The first-order valence-electron chi connectivity index (χ1n) is 9.89. The average Bonchev–Trinajstić information content (AvgIpc) is 3.13. The first kappa shape index (κ1) is 20.6. The SMILES string of the molecule is CCOC(=O)c1ncn2c1CN(Cc1ccc(OC)cc1C)C(=O)c1cc(F)ccc1-2. The number of esters is 1. The molecule has 0 bridgehead atoms. The second-order valence-electron chi connectivity index (χ2n) is 7.25. The topological polar surface area (TPSA) is 73.7 Å². The van der Waals surface area contributed by atoms with Gasteiger partial charge in [0.1, 0.15) is 17.9 Å². The molecule has 1 aliphatic heterocycles. The number of carbonyl (C=O) groups excluding carboxylic acids is 2. The molecule has 0 unspecified atom stereocenters. The summed E-state index contributed by atoms with van der Waals surface area (Å²) in [6.45, 7) is 4.25. The highest BCUT2D eigenvalue weighted by molar-refractivity contribution is 5.99. The molecule has 4 rings (SSSR count). The van der Waals surface area contributed by atoms with Crippen LogP contribution in [0.5, 0.6) is 5.75 Å². The van der Waals surface area contributed by atoms with Gasteiger partial charge >= 0.3 is 5.97 Å². The summed E-state index contributed by atoms with van der Waals surface area (Å²) >= 11 is 0. The number of aryl methyl sites for hydroxylation is 1. The number of carbonyl (C=O) groups is 2. The number of halogens is 1. The summed E-state index contributed by atoms with van der Waals surface area (Å²) in [5, 5.41) is 0. The lowest BCUT2D eigenvalue weighted by Crippen LogP contribution is -2.30. The predicted molar refractivity (Wildman–Crippen MR) is 111 cm³/mol. The molecule has 0 N–H and O–H groups in total. The largest absolute Gasteiger partial charge is 0.497 e. The van der Waals surface area contributed by atoms with E-state index >= 15 is 0 Å². The van der Waals surface area contributed by atoms with Crippen LogP contribution in [0.1, 0.15) is 44.6 Å². The molecule has 1 aliphatic rings. The highest BCUT2D eigenvalue weighted by Crippen LogP contribution is 2.29. The third-order valence-corrected chi connectivity index (χ3v) is 5.32. The molecule has 160 valence electrons. The van der Waals surface area contributed by atoms with E-state index in [0.29, 0.717) is 11.4 Å². The van der Waals surface area contributed by atoms with Crippen molar-refractivity contribution in [2.45, 2.75) is 26.9 Å². The maximum atomic E-state index is 14.0. The van der Waals surface area contributed by atoms with E-state index in [1.807, 2.05) is 25.1 Å². The molecular formula is C23H22FN3O4. The van der Waals surface area contributed by atoms with Crippen molar-refractivity contribution in [1.29, 1.82) is 0 Å². The molecule has 2 aromatic carbocycles. The maximum Gasteiger partial charge on any atom is 0.358 e. The number of amides is 1. The van der Waals surface area contributed by atoms with Gasteiger partial charge in [-0.05, 0) is 55.3 Å². The molecule has 1 aromatic heterocycles. The molecule has 1 amide bonds. The molecule has 0 aliphatic carbocycles. The number of aromatic nitrogens is 2. The summed E-state index contributed by atoms with van der Waals surface area (Å²) in [7, 11) is 1.59. The summed E-state index contributed by atoms with van der Waals surface area (Å²) in [5.41, 5.74) is 3.20. The van der Waals surface area contributed by atoms with Crippen LogP contribution in [0.4, 0.5) is 4.39 Å². The second kappa shape index (κ2) is 8.22. The molecule has 0 fully saturated rings. The molecule has 0 spiro atoms. The van der Waals surface area contributed by atoms with Crippen LogP contribution in [0.25, 0.3) is 5.69 Å². The molecule has 3 aromatic rings. The van der Waals surface area contributed by atoms with Crippen molar-refractivity contribution in [2.75, 3.05) is 13.7 Å². The standard InChI is InChI=1S/C23H22FN3O4/c1-4-31-23(29)21-20-12-26(11-15-5-7-17(30-3)9-14(15)2)22(28)18-10-16(24)6-8-19(18)27(20)13-25-21/h5-10,13H,4,11-12H2,1-3H3. The van der Waals surface area contributed by atoms with Gasteiger partial charge in [-0.2, -0.15) is 0 Å². The Morgan fingerprint density at radius 3 is 2.74 bits per heavy atom. The van der Waals surface area contributed by atoms with Gasteiger partial charge in [0.15, 0.2) is 5.69 Å². The molecule has 0 saturated carbocycles. The van der Waals surface area contributed by atoms with Gasteiger partial charge in [-0.1, -0.05) is 6.07 Å². The Morgan fingerprint density at radius 2 is 2.03 bits per heavy atom. The lowest BCUT2D eigenvalue weighted by Gasteiger charge is -2.22. The minimum absolute atomic E-state index is 0.120. The minimum atomic E-state index is -0.560. The number of hydrogen-bond donors (Lipinski definition) is 0. The summed E-state index contributed by atoms with van der Waals surface area (Å²) in [5.74, 6) is -0.682. The number of imidazole rings is 1. The number of rotatable bonds is 5. The molecule has 31 heavy (non-hydrogen) atoms. The highest BCUT2D eigenvalue weighted by atomic mass is 19.1.